The highest BCUT2D eigenvalue weighted by molar-refractivity contribution is 7.89. The van der Waals surface area contributed by atoms with Gasteiger partial charge in [0.15, 0.2) is 5.76 Å². The van der Waals surface area contributed by atoms with E-state index in [-0.39, 0.29) is 30.0 Å². The van der Waals surface area contributed by atoms with Crippen LogP contribution in [0, 0.1) is 12.8 Å². The van der Waals surface area contributed by atoms with Gasteiger partial charge in [-0.2, -0.15) is 9.40 Å². The van der Waals surface area contributed by atoms with E-state index in [1.54, 1.807) is 19.2 Å². The van der Waals surface area contributed by atoms with Crippen LogP contribution >= 0.6 is 0 Å². The molecule has 3 heterocycles. The van der Waals surface area contributed by atoms with Gasteiger partial charge in [0.1, 0.15) is 11.4 Å². The Morgan fingerprint density at radius 3 is 2.56 bits per heavy atom. The van der Waals surface area contributed by atoms with Gasteiger partial charge >= 0.3 is 0 Å². The summed E-state index contributed by atoms with van der Waals surface area (Å²) in [6, 6.07) is 12.3. The second-order valence-electron chi connectivity index (χ2n) is 7.80. The van der Waals surface area contributed by atoms with Crippen molar-refractivity contribution in [2.45, 2.75) is 31.4 Å². The quantitative estimate of drug-likeness (QED) is 0.562. The number of aromatic nitrogens is 2. The van der Waals surface area contributed by atoms with Gasteiger partial charge < -0.3 is 14.5 Å². The van der Waals surface area contributed by atoms with Gasteiger partial charge in [-0.3, -0.25) is 9.89 Å². The molecule has 4 rings (SSSR count). The first-order chi connectivity index (χ1) is 15.4. The van der Waals surface area contributed by atoms with Crippen LogP contribution in [0.4, 0.5) is 0 Å². The van der Waals surface area contributed by atoms with Gasteiger partial charge in [-0.05, 0) is 55.7 Å². The molecular formula is C22H26N4O5S. The highest BCUT2D eigenvalue weighted by Crippen LogP contribution is 2.28. The predicted molar refractivity (Wildman–Crippen MR) is 117 cm³/mol. The molecule has 3 aromatic rings. The Labute approximate surface area is 186 Å². The van der Waals surface area contributed by atoms with Crippen LogP contribution in [0.2, 0.25) is 0 Å². The Bertz CT molecular complexity index is 1180. The molecule has 1 aliphatic rings. The Kier molecular flexibility index (Phi) is 6.33. The number of hydrogen-bond donors (Lipinski definition) is 2. The molecule has 1 fully saturated rings. The predicted octanol–water partition coefficient (Wildman–Crippen LogP) is 2.70. The lowest BCUT2D eigenvalue weighted by Crippen LogP contribution is -2.42. The van der Waals surface area contributed by atoms with E-state index in [4.69, 9.17) is 9.15 Å². The third-order valence-electron chi connectivity index (χ3n) is 5.58. The summed E-state index contributed by atoms with van der Waals surface area (Å²) < 4.78 is 38.0. The SMILES string of the molecule is COc1ccc(CNC(=O)C2CCN(S(=O)(=O)c3ccc(-c4cc(C)[nH]n4)o3)CC2)cc1. The van der Waals surface area contributed by atoms with Crippen molar-refractivity contribution in [1.29, 1.82) is 0 Å². The average molecular weight is 459 g/mol. The van der Waals surface area contributed by atoms with Crippen molar-refractivity contribution in [3.05, 3.63) is 53.7 Å². The molecule has 1 amide bonds. The molecule has 1 aromatic carbocycles. The normalized spacial score (nSPS) is 15.6. The minimum Gasteiger partial charge on any atom is -0.497 e. The number of sulfonamides is 1. The lowest BCUT2D eigenvalue weighted by molar-refractivity contribution is -0.126. The van der Waals surface area contributed by atoms with Gasteiger partial charge in [0.25, 0.3) is 10.0 Å². The van der Waals surface area contributed by atoms with Crippen molar-refractivity contribution in [2.75, 3.05) is 20.2 Å². The molecule has 1 saturated heterocycles. The van der Waals surface area contributed by atoms with Crippen LogP contribution in [0.3, 0.4) is 0 Å². The van der Waals surface area contributed by atoms with Crippen LogP contribution in [0.25, 0.3) is 11.5 Å². The van der Waals surface area contributed by atoms with Crippen LogP contribution in [0.1, 0.15) is 24.1 Å². The molecule has 2 N–H and O–H groups in total. The van der Waals surface area contributed by atoms with Crippen LogP contribution in [-0.4, -0.2) is 49.0 Å². The number of H-pyrrole nitrogens is 1. The summed E-state index contributed by atoms with van der Waals surface area (Å²) in [5, 5.41) is 9.72. The summed E-state index contributed by atoms with van der Waals surface area (Å²) >= 11 is 0. The van der Waals surface area contributed by atoms with Gasteiger partial charge in [0, 0.05) is 31.2 Å². The van der Waals surface area contributed by atoms with E-state index in [9.17, 15) is 13.2 Å². The molecule has 1 aliphatic heterocycles. The number of rotatable bonds is 7. The largest absolute Gasteiger partial charge is 0.497 e. The number of ether oxygens (including phenoxy) is 1. The molecule has 0 saturated carbocycles. The Morgan fingerprint density at radius 2 is 1.94 bits per heavy atom. The Hall–Kier alpha value is -3.11. The number of nitrogens with one attached hydrogen (secondary N) is 2. The van der Waals surface area contributed by atoms with Gasteiger partial charge in [-0.1, -0.05) is 12.1 Å². The van der Waals surface area contributed by atoms with Crippen molar-refractivity contribution in [1.82, 2.24) is 19.8 Å². The lowest BCUT2D eigenvalue weighted by Gasteiger charge is -2.29. The minimum atomic E-state index is -3.77. The number of aryl methyl sites for hydroxylation is 1. The fourth-order valence-corrected chi connectivity index (χ4v) is 5.08. The standard InChI is InChI=1S/C22H26N4O5S/c1-15-13-19(25-24-15)20-7-8-21(31-20)32(28,29)26-11-9-17(10-12-26)22(27)23-14-16-3-5-18(30-2)6-4-16/h3-8,13,17H,9-12,14H2,1-2H3,(H,23,27)(H,24,25). The highest BCUT2D eigenvalue weighted by Gasteiger charge is 2.34. The van der Waals surface area contributed by atoms with Crippen molar-refractivity contribution in [3.63, 3.8) is 0 Å². The molecule has 0 aliphatic carbocycles. The average Bonchev–Trinajstić information content (AvgIpc) is 3.47. The van der Waals surface area contributed by atoms with E-state index >= 15 is 0 Å². The zero-order chi connectivity index (χ0) is 22.7. The molecule has 0 spiro atoms. The monoisotopic (exact) mass is 458 g/mol. The lowest BCUT2D eigenvalue weighted by atomic mass is 9.97. The number of piperidine rings is 1. The fourth-order valence-electron chi connectivity index (χ4n) is 3.70. The van der Waals surface area contributed by atoms with Crippen molar-refractivity contribution in [2.24, 2.45) is 5.92 Å². The summed E-state index contributed by atoms with van der Waals surface area (Å²) in [7, 11) is -2.16. The van der Waals surface area contributed by atoms with E-state index in [0.717, 1.165) is 17.0 Å². The molecule has 0 atom stereocenters. The molecule has 9 nitrogen and oxygen atoms in total. The molecule has 32 heavy (non-hydrogen) atoms. The molecule has 10 heteroatoms. The number of carbonyl (C=O) groups is 1. The number of methoxy groups -OCH3 is 1. The van der Waals surface area contributed by atoms with E-state index < -0.39 is 10.0 Å². The third kappa shape index (κ3) is 4.71. The van der Waals surface area contributed by atoms with E-state index in [1.165, 1.54) is 10.4 Å². The van der Waals surface area contributed by atoms with Crippen molar-refractivity contribution in [3.8, 4) is 17.2 Å². The maximum absolute atomic E-state index is 13.0. The van der Waals surface area contributed by atoms with Gasteiger partial charge in [-0.25, -0.2) is 8.42 Å². The zero-order valence-corrected chi connectivity index (χ0v) is 18.8. The number of furan rings is 1. The number of aromatic amines is 1. The summed E-state index contributed by atoms with van der Waals surface area (Å²) in [6.07, 6.45) is 0.916. The molecule has 0 unspecified atom stereocenters. The third-order valence-corrected chi connectivity index (χ3v) is 7.36. The number of benzene rings is 1. The first-order valence-electron chi connectivity index (χ1n) is 10.4. The number of amides is 1. The Morgan fingerprint density at radius 1 is 1.22 bits per heavy atom. The van der Waals surface area contributed by atoms with Crippen molar-refractivity contribution < 1.29 is 22.4 Å². The number of hydrogen-bond acceptors (Lipinski definition) is 6. The maximum Gasteiger partial charge on any atom is 0.276 e. The van der Waals surface area contributed by atoms with Crippen LogP contribution in [-0.2, 0) is 21.4 Å². The van der Waals surface area contributed by atoms with Crippen LogP contribution < -0.4 is 10.1 Å². The first-order valence-corrected chi connectivity index (χ1v) is 11.8. The first kappa shape index (κ1) is 22.1. The molecule has 0 radical (unpaired) electrons. The fraction of sp³-hybridized carbons (Fsp3) is 0.364. The molecule has 2 aromatic heterocycles. The van der Waals surface area contributed by atoms with Crippen LogP contribution in [0.15, 0.2) is 52.0 Å². The summed E-state index contributed by atoms with van der Waals surface area (Å²) in [5.74, 6) is 0.864. The van der Waals surface area contributed by atoms with E-state index in [2.05, 4.69) is 15.5 Å². The van der Waals surface area contributed by atoms with Gasteiger partial charge in [-0.15, -0.1) is 0 Å². The minimum absolute atomic E-state index is 0.0629. The number of carbonyl (C=O) groups excluding carboxylic acids is 1. The second kappa shape index (κ2) is 9.17. The Balaban J connectivity index is 1.32. The van der Waals surface area contributed by atoms with E-state index in [0.29, 0.717) is 30.8 Å². The smallest absolute Gasteiger partial charge is 0.276 e. The summed E-state index contributed by atoms with van der Waals surface area (Å²) in [6.45, 7) is 2.80. The zero-order valence-electron chi connectivity index (χ0n) is 18.0. The van der Waals surface area contributed by atoms with Crippen LogP contribution in [0.5, 0.6) is 5.75 Å². The molecule has 0 bridgehead atoms. The van der Waals surface area contributed by atoms with Gasteiger partial charge in [0.2, 0.25) is 11.0 Å². The molecular weight excluding hydrogens is 432 g/mol. The topological polar surface area (TPSA) is 118 Å². The summed E-state index contributed by atoms with van der Waals surface area (Å²) in [5.41, 5.74) is 2.38. The van der Waals surface area contributed by atoms with Crippen molar-refractivity contribution >= 4 is 15.9 Å². The maximum atomic E-state index is 13.0. The van der Waals surface area contributed by atoms with E-state index in [1.807, 2.05) is 31.2 Å². The van der Waals surface area contributed by atoms with Gasteiger partial charge in [0.05, 0.1) is 7.11 Å². The molecule has 170 valence electrons. The second-order valence-corrected chi connectivity index (χ2v) is 9.67. The summed E-state index contributed by atoms with van der Waals surface area (Å²) in [4.78, 5) is 12.6. The highest BCUT2D eigenvalue weighted by atomic mass is 32.2. The number of nitrogens with zero attached hydrogens (tertiary/aromatic N) is 2.